The minimum absolute atomic E-state index is 0.148. The van der Waals surface area contributed by atoms with Crippen molar-refractivity contribution in [2.75, 3.05) is 0 Å². The topological polar surface area (TPSA) is 0 Å². The number of hydrogen-bond donors (Lipinski definition) is 0. The van der Waals surface area contributed by atoms with Gasteiger partial charge in [0.1, 0.15) is 0 Å². The highest BCUT2D eigenvalue weighted by Crippen LogP contribution is 2.55. The molecule has 0 saturated heterocycles. The van der Waals surface area contributed by atoms with E-state index < -0.39 is 0 Å². The Morgan fingerprint density at radius 1 is 0.294 bits per heavy atom. The van der Waals surface area contributed by atoms with Crippen LogP contribution >= 0.6 is 0 Å². The van der Waals surface area contributed by atoms with Gasteiger partial charge in [0.25, 0.3) is 0 Å². The Kier molecular flexibility index (Phi) is 6.63. The van der Waals surface area contributed by atoms with Gasteiger partial charge in [-0.05, 0) is 105 Å². The second-order valence-electron chi connectivity index (χ2n) is 14.4. The molecule has 240 valence electrons. The summed E-state index contributed by atoms with van der Waals surface area (Å²) in [5, 5.41) is 7.72. The van der Waals surface area contributed by atoms with Crippen LogP contribution in [0.1, 0.15) is 25.0 Å². The lowest BCUT2D eigenvalue weighted by Crippen LogP contribution is -2.16. The Morgan fingerprint density at radius 3 is 1.51 bits per heavy atom. The van der Waals surface area contributed by atoms with Crippen LogP contribution in [0.15, 0.2) is 182 Å². The molecule has 0 unspecified atom stereocenters. The third-order valence-corrected chi connectivity index (χ3v) is 11.2. The van der Waals surface area contributed by atoms with Gasteiger partial charge in [0.2, 0.25) is 0 Å². The van der Waals surface area contributed by atoms with Crippen molar-refractivity contribution in [1.82, 2.24) is 0 Å². The van der Waals surface area contributed by atoms with E-state index in [-0.39, 0.29) is 5.41 Å². The summed E-state index contributed by atoms with van der Waals surface area (Å²) < 4.78 is 0. The van der Waals surface area contributed by atoms with E-state index in [0.29, 0.717) is 0 Å². The SMILES string of the molecule is CC1(C)c2c(-c3cccc(-c4c5ccccc5c(-c5ccccc5-c5ccccc5)c5ccccc45)c3)cccc2-c2ccc3ccccc3c21. The molecule has 0 saturated carbocycles. The Hall–Kier alpha value is -6.24. The maximum atomic E-state index is 2.43. The lowest BCUT2D eigenvalue weighted by molar-refractivity contribution is 0.668. The first-order chi connectivity index (χ1) is 25.1. The summed E-state index contributed by atoms with van der Waals surface area (Å²) in [6.45, 7) is 4.81. The van der Waals surface area contributed by atoms with Crippen LogP contribution in [0.25, 0.3) is 88.0 Å². The van der Waals surface area contributed by atoms with Gasteiger partial charge < -0.3 is 0 Å². The first-order valence-corrected chi connectivity index (χ1v) is 17.9. The molecule has 0 aliphatic heterocycles. The van der Waals surface area contributed by atoms with Gasteiger partial charge in [0, 0.05) is 5.41 Å². The molecular weight excluding hydrogens is 613 g/mol. The zero-order chi connectivity index (χ0) is 34.1. The van der Waals surface area contributed by atoms with Crippen LogP contribution in [0.2, 0.25) is 0 Å². The summed E-state index contributed by atoms with van der Waals surface area (Å²) >= 11 is 0. The highest BCUT2D eigenvalue weighted by atomic mass is 14.4. The van der Waals surface area contributed by atoms with E-state index in [4.69, 9.17) is 0 Å². The normalized spacial score (nSPS) is 13.1. The van der Waals surface area contributed by atoms with Crippen molar-refractivity contribution in [1.29, 1.82) is 0 Å². The fourth-order valence-electron chi connectivity index (χ4n) is 9.13. The van der Waals surface area contributed by atoms with Crippen LogP contribution in [0.3, 0.4) is 0 Å². The first kappa shape index (κ1) is 29.7. The van der Waals surface area contributed by atoms with E-state index in [2.05, 4.69) is 196 Å². The van der Waals surface area contributed by atoms with Gasteiger partial charge in [0.15, 0.2) is 0 Å². The van der Waals surface area contributed by atoms with E-state index >= 15 is 0 Å². The van der Waals surface area contributed by atoms with Crippen LogP contribution in [0, 0.1) is 0 Å². The van der Waals surface area contributed by atoms with Crippen molar-refractivity contribution in [3.63, 3.8) is 0 Å². The van der Waals surface area contributed by atoms with Crippen molar-refractivity contribution in [3.05, 3.63) is 193 Å². The molecule has 51 heavy (non-hydrogen) atoms. The summed E-state index contributed by atoms with van der Waals surface area (Å²) in [7, 11) is 0. The molecule has 9 aromatic carbocycles. The lowest BCUT2D eigenvalue weighted by Gasteiger charge is -2.26. The fourth-order valence-corrected chi connectivity index (χ4v) is 9.13. The molecule has 1 aliphatic carbocycles. The molecule has 9 aromatic rings. The van der Waals surface area contributed by atoms with Gasteiger partial charge in [-0.15, -0.1) is 0 Å². The number of hydrogen-bond acceptors (Lipinski definition) is 0. The monoisotopic (exact) mass is 648 g/mol. The minimum Gasteiger partial charge on any atom is -0.0622 e. The molecule has 0 radical (unpaired) electrons. The van der Waals surface area contributed by atoms with Crippen molar-refractivity contribution in [3.8, 4) is 55.6 Å². The molecule has 0 spiro atoms. The van der Waals surface area contributed by atoms with Crippen molar-refractivity contribution >= 4 is 32.3 Å². The molecule has 0 nitrogen and oxygen atoms in total. The molecule has 0 fully saturated rings. The van der Waals surface area contributed by atoms with E-state index in [1.165, 1.54) is 99.1 Å². The van der Waals surface area contributed by atoms with Crippen molar-refractivity contribution in [2.45, 2.75) is 19.3 Å². The molecule has 1 aliphatic rings. The Bertz CT molecular complexity index is 2760. The Balaban J connectivity index is 1.20. The maximum absolute atomic E-state index is 2.43. The quantitative estimate of drug-likeness (QED) is 0.167. The Labute approximate surface area is 299 Å². The molecule has 0 heteroatoms. The summed E-state index contributed by atoms with van der Waals surface area (Å²) in [6, 6.07) is 67.2. The maximum Gasteiger partial charge on any atom is 0.0171 e. The van der Waals surface area contributed by atoms with Gasteiger partial charge in [-0.25, -0.2) is 0 Å². The van der Waals surface area contributed by atoms with Crippen molar-refractivity contribution < 1.29 is 0 Å². The van der Waals surface area contributed by atoms with E-state index in [9.17, 15) is 0 Å². The summed E-state index contributed by atoms with van der Waals surface area (Å²) in [5.74, 6) is 0. The molecule has 0 amide bonds. The summed E-state index contributed by atoms with van der Waals surface area (Å²) in [6.07, 6.45) is 0. The Morgan fingerprint density at radius 2 is 0.784 bits per heavy atom. The predicted molar refractivity (Wildman–Crippen MR) is 218 cm³/mol. The fraction of sp³-hybridized carbons (Fsp3) is 0.0588. The zero-order valence-electron chi connectivity index (χ0n) is 28.8. The molecule has 0 aromatic heterocycles. The first-order valence-electron chi connectivity index (χ1n) is 17.9. The molecular formula is C51H36. The summed E-state index contributed by atoms with van der Waals surface area (Å²) in [5.41, 5.74) is 15.5. The smallest absolute Gasteiger partial charge is 0.0171 e. The third kappa shape index (κ3) is 4.46. The van der Waals surface area contributed by atoms with Crippen LogP contribution in [-0.2, 0) is 5.41 Å². The average molecular weight is 649 g/mol. The zero-order valence-corrected chi connectivity index (χ0v) is 28.8. The number of rotatable bonds is 4. The minimum atomic E-state index is -0.148. The average Bonchev–Trinajstić information content (AvgIpc) is 3.43. The van der Waals surface area contributed by atoms with Crippen LogP contribution in [0.5, 0.6) is 0 Å². The highest BCUT2D eigenvalue weighted by molar-refractivity contribution is 6.22. The molecule has 0 heterocycles. The molecule has 0 bridgehead atoms. The third-order valence-electron chi connectivity index (χ3n) is 11.2. The predicted octanol–water partition coefficient (Wildman–Crippen LogP) is 14.1. The summed E-state index contributed by atoms with van der Waals surface area (Å²) in [4.78, 5) is 0. The van der Waals surface area contributed by atoms with Gasteiger partial charge in [-0.3, -0.25) is 0 Å². The van der Waals surface area contributed by atoms with Gasteiger partial charge in [-0.2, -0.15) is 0 Å². The van der Waals surface area contributed by atoms with E-state index in [0.717, 1.165) is 0 Å². The van der Waals surface area contributed by atoms with Crippen molar-refractivity contribution in [2.24, 2.45) is 0 Å². The number of benzene rings is 9. The van der Waals surface area contributed by atoms with Crippen LogP contribution < -0.4 is 0 Å². The largest absolute Gasteiger partial charge is 0.0622 e. The van der Waals surface area contributed by atoms with Crippen LogP contribution in [-0.4, -0.2) is 0 Å². The molecule has 0 N–H and O–H groups in total. The highest BCUT2D eigenvalue weighted by Gasteiger charge is 2.38. The lowest BCUT2D eigenvalue weighted by atomic mass is 9.77. The number of fused-ring (bicyclic) bond motifs is 7. The molecule has 0 atom stereocenters. The second-order valence-corrected chi connectivity index (χ2v) is 14.4. The van der Waals surface area contributed by atoms with Gasteiger partial charge >= 0.3 is 0 Å². The van der Waals surface area contributed by atoms with Gasteiger partial charge in [0.05, 0.1) is 0 Å². The van der Waals surface area contributed by atoms with Crippen LogP contribution in [0.4, 0.5) is 0 Å². The molecule has 10 rings (SSSR count). The second kappa shape index (κ2) is 11.4. The standard InChI is InChI=1S/C51H36/c1-51(2)49-38-22-7-6-18-34(38)30-31-46(49)45-29-15-28-39(50(45)51)35-19-14-20-36(32-35)47-41-24-10-12-26-43(41)48(44-27-13-11-25-42(44)47)40-23-9-8-21-37(40)33-16-4-3-5-17-33/h3-32H,1-2H3. The van der Waals surface area contributed by atoms with E-state index in [1.807, 2.05) is 0 Å². The van der Waals surface area contributed by atoms with Gasteiger partial charge in [-0.1, -0.05) is 190 Å². The van der Waals surface area contributed by atoms with E-state index in [1.54, 1.807) is 0 Å².